The van der Waals surface area contributed by atoms with E-state index in [0.717, 1.165) is 27.6 Å². The molecule has 0 saturated heterocycles. The maximum Gasteiger partial charge on any atom is 0.113 e. The molecule has 0 spiro atoms. The van der Waals surface area contributed by atoms with Gasteiger partial charge in [-0.25, -0.2) is 0 Å². The Morgan fingerprint density at radius 2 is 2.03 bits per heavy atom. The molecule has 1 fully saturated rings. The van der Waals surface area contributed by atoms with E-state index in [9.17, 15) is 15.6 Å². The molecule has 0 amide bonds. The van der Waals surface area contributed by atoms with Crippen molar-refractivity contribution >= 4 is 10.9 Å². The molecule has 9 nitrogen and oxygen atoms in total. The predicted molar refractivity (Wildman–Crippen MR) is 116 cm³/mol. The number of hydrogen-bond acceptors (Lipinski definition) is 7. The molecular weight excluding hydrogens is 404 g/mol. The fraction of sp³-hybridized carbons (Fsp3) is 0.304. The van der Waals surface area contributed by atoms with Gasteiger partial charge in [-0.2, -0.15) is 30.6 Å². The van der Waals surface area contributed by atoms with E-state index >= 15 is 0 Å². The molecule has 0 unspecified atom stereocenters. The van der Waals surface area contributed by atoms with Gasteiger partial charge in [0.15, 0.2) is 0 Å². The molecule has 0 aliphatic heterocycles. The molecule has 1 aliphatic rings. The van der Waals surface area contributed by atoms with Gasteiger partial charge in [-0.3, -0.25) is 9.67 Å². The third-order valence-corrected chi connectivity index (χ3v) is 6.05. The van der Waals surface area contributed by atoms with Crippen LogP contribution in [-0.4, -0.2) is 41.5 Å². The van der Waals surface area contributed by atoms with Crippen LogP contribution in [0.4, 0.5) is 0 Å². The average Bonchev–Trinajstić information content (AvgIpc) is 3.46. The molecule has 1 aliphatic carbocycles. The highest BCUT2D eigenvalue weighted by Crippen LogP contribution is 2.45. The summed E-state index contributed by atoms with van der Waals surface area (Å²) in [5, 5.41) is 42.2. The Morgan fingerprint density at radius 3 is 2.81 bits per heavy atom. The van der Waals surface area contributed by atoms with Crippen LogP contribution in [0.1, 0.15) is 19.3 Å². The Balaban J connectivity index is 1.58. The first-order valence-corrected chi connectivity index (χ1v) is 10.4. The number of fused-ring (bicyclic) bond motifs is 1. The Kier molecular flexibility index (Phi) is 4.89. The van der Waals surface area contributed by atoms with Crippen molar-refractivity contribution in [2.45, 2.75) is 31.3 Å². The van der Waals surface area contributed by atoms with E-state index in [1.54, 1.807) is 28.1 Å². The monoisotopic (exact) mass is 424 g/mol. The van der Waals surface area contributed by atoms with E-state index in [1.165, 1.54) is 0 Å². The molecule has 1 N–H and O–H groups in total. The van der Waals surface area contributed by atoms with Crippen molar-refractivity contribution < 1.29 is 5.11 Å². The van der Waals surface area contributed by atoms with Crippen LogP contribution in [0.3, 0.4) is 0 Å². The van der Waals surface area contributed by atoms with Crippen molar-refractivity contribution in [2.24, 2.45) is 5.92 Å². The molecule has 9 heteroatoms. The zero-order valence-corrected chi connectivity index (χ0v) is 17.3. The van der Waals surface area contributed by atoms with Crippen LogP contribution >= 0.6 is 0 Å². The summed E-state index contributed by atoms with van der Waals surface area (Å²) in [6, 6.07) is 12.4. The molecule has 1 saturated carbocycles. The van der Waals surface area contributed by atoms with Crippen LogP contribution in [0.25, 0.3) is 33.3 Å². The van der Waals surface area contributed by atoms with Gasteiger partial charge < -0.3 is 5.11 Å². The van der Waals surface area contributed by atoms with Gasteiger partial charge in [-0.15, -0.1) is 0 Å². The third-order valence-electron chi connectivity index (χ3n) is 6.05. The van der Waals surface area contributed by atoms with Gasteiger partial charge in [0.25, 0.3) is 0 Å². The molecule has 1 aromatic carbocycles. The Morgan fingerprint density at radius 1 is 1.16 bits per heavy atom. The largest absolute Gasteiger partial charge is 0.394 e. The number of aliphatic hydroxyl groups excluding tert-OH is 1. The van der Waals surface area contributed by atoms with Gasteiger partial charge in [0.2, 0.25) is 0 Å². The van der Waals surface area contributed by atoms with Crippen molar-refractivity contribution in [3.63, 3.8) is 0 Å². The van der Waals surface area contributed by atoms with Gasteiger partial charge >= 0.3 is 0 Å². The minimum Gasteiger partial charge on any atom is -0.394 e. The quantitative estimate of drug-likeness (QED) is 0.504. The van der Waals surface area contributed by atoms with Crippen molar-refractivity contribution in [1.29, 1.82) is 10.5 Å². The second kappa shape index (κ2) is 7.88. The van der Waals surface area contributed by atoms with Gasteiger partial charge in [0.1, 0.15) is 5.69 Å². The lowest BCUT2D eigenvalue weighted by Crippen LogP contribution is -2.47. The molecule has 0 radical (unpaired) electrons. The number of rotatable bonds is 6. The number of hydrogen-bond donors (Lipinski definition) is 1. The number of aliphatic hydroxyl groups is 1. The van der Waals surface area contributed by atoms with Crippen molar-refractivity contribution in [3.8, 4) is 34.5 Å². The molecule has 0 atom stereocenters. The third kappa shape index (κ3) is 3.29. The van der Waals surface area contributed by atoms with E-state index < -0.39 is 5.54 Å². The predicted octanol–water partition coefficient (Wildman–Crippen LogP) is 2.89. The summed E-state index contributed by atoms with van der Waals surface area (Å²) in [5.41, 5.74) is 3.72. The summed E-state index contributed by atoms with van der Waals surface area (Å²) in [7, 11) is 0. The minimum atomic E-state index is -0.523. The molecule has 3 heterocycles. The molecule has 158 valence electrons. The van der Waals surface area contributed by atoms with Gasteiger partial charge in [-0.05, 0) is 36.6 Å². The summed E-state index contributed by atoms with van der Waals surface area (Å²) in [6.07, 6.45) is 8.54. The van der Waals surface area contributed by atoms with E-state index in [-0.39, 0.29) is 18.9 Å². The second-order valence-electron chi connectivity index (χ2n) is 8.12. The fourth-order valence-corrected chi connectivity index (χ4v) is 4.39. The van der Waals surface area contributed by atoms with Crippen LogP contribution < -0.4 is 0 Å². The summed E-state index contributed by atoms with van der Waals surface area (Å²) in [5.74, 6) is -0.0679. The molecule has 3 aromatic heterocycles. The molecule has 4 aromatic rings. The van der Waals surface area contributed by atoms with Gasteiger partial charge in [0, 0.05) is 28.9 Å². The zero-order valence-electron chi connectivity index (χ0n) is 17.3. The molecular formula is C23H20N8O. The number of pyridine rings is 1. The van der Waals surface area contributed by atoms with E-state index in [0.29, 0.717) is 25.1 Å². The highest BCUT2D eigenvalue weighted by molar-refractivity contribution is 5.97. The van der Waals surface area contributed by atoms with Crippen molar-refractivity contribution in [2.75, 3.05) is 6.61 Å². The van der Waals surface area contributed by atoms with Crippen LogP contribution in [0, 0.1) is 28.6 Å². The smallest absolute Gasteiger partial charge is 0.113 e. The van der Waals surface area contributed by atoms with Gasteiger partial charge in [0.05, 0.1) is 61.1 Å². The van der Waals surface area contributed by atoms with E-state index in [4.69, 9.17) is 5.10 Å². The number of aromatic nitrogens is 6. The van der Waals surface area contributed by atoms with E-state index in [1.807, 2.05) is 30.5 Å². The maximum absolute atomic E-state index is 9.32. The first-order valence-electron chi connectivity index (χ1n) is 10.4. The first-order chi connectivity index (χ1) is 15.7. The SMILES string of the molecule is N#CCC1(n2ncc(-c3cc(-c4cnn(CCO)c4)cc4ncccc34)n2)CC(C#N)C1. The first kappa shape index (κ1) is 19.9. The summed E-state index contributed by atoms with van der Waals surface area (Å²) < 4.78 is 1.70. The Labute approximate surface area is 184 Å². The lowest BCUT2D eigenvalue weighted by molar-refractivity contribution is 0.0713. The maximum atomic E-state index is 9.32. The average molecular weight is 424 g/mol. The molecule has 0 bridgehead atoms. The fourth-order valence-electron chi connectivity index (χ4n) is 4.39. The number of nitrogens with zero attached hydrogens (tertiary/aromatic N) is 8. The minimum absolute atomic E-state index is 0.0197. The van der Waals surface area contributed by atoms with Crippen LogP contribution in [0.15, 0.2) is 49.1 Å². The van der Waals surface area contributed by atoms with Crippen LogP contribution in [-0.2, 0) is 12.1 Å². The van der Waals surface area contributed by atoms with Crippen LogP contribution in [0.2, 0.25) is 0 Å². The number of nitriles is 2. The lowest BCUT2D eigenvalue weighted by Gasteiger charge is -2.42. The normalized spacial score (nSPS) is 19.9. The standard InChI is InChI=1S/C23H20N8O/c24-4-3-23(10-16(11-23)12-25)31-28-14-22(29-31)20-8-17(9-21-19(20)2-1-5-26-21)18-13-27-30(15-18)6-7-32/h1-2,5,8-9,13-16,32H,3,6-7,10-11H2. The summed E-state index contributed by atoms with van der Waals surface area (Å²) >= 11 is 0. The highest BCUT2D eigenvalue weighted by Gasteiger charge is 2.48. The Hall–Kier alpha value is -4.08. The van der Waals surface area contributed by atoms with E-state index in [2.05, 4.69) is 27.3 Å². The Bertz CT molecular complexity index is 1370. The van der Waals surface area contributed by atoms with Crippen LogP contribution in [0.5, 0.6) is 0 Å². The topological polar surface area (TPSA) is 129 Å². The molecule has 32 heavy (non-hydrogen) atoms. The second-order valence-corrected chi connectivity index (χ2v) is 8.12. The summed E-state index contributed by atoms with van der Waals surface area (Å²) in [6.45, 7) is 0.448. The summed E-state index contributed by atoms with van der Waals surface area (Å²) in [4.78, 5) is 6.15. The zero-order chi connectivity index (χ0) is 22.1. The molecule has 5 rings (SSSR count). The van der Waals surface area contributed by atoms with Gasteiger partial charge in [-0.1, -0.05) is 6.07 Å². The van der Waals surface area contributed by atoms with Crippen molar-refractivity contribution in [3.05, 3.63) is 49.1 Å². The van der Waals surface area contributed by atoms with Crippen molar-refractivity contribution in [1.82, 2.24) is 29.8 Å². The highest BCUT2D eigenvalue weighted by atomic mass is 16.3. The lowest BCUT2D eigenvalue weighted by atomic mass is 9.68. The number of benzene rings is 1.